The zero-order valence-electron chi connectivity index (χ0n) is 25.1. The van der Waals surface area contributed by atoms with Crippen LogP contribution < -0.4 is 10.6 Å². The number of aryl methyl sites for hydroxylation is 1. The fraction of sp³-hybridized carbons (Fsp3) is 0.364. The molecule has 1 aromatic carbocycles. The SMILES string of the molecule is C=CC(=O)N1CCN(c2nc(=O)n(-c3c(C(C)C)ccnc3C(C)C)c3nc(-c4ccccc4C)c(Cl)cc23)C(C)C1. The first-order chi connectivity index (χ1) is 20.0. The quantitative estimate of drug-likeness (QED) is 0.248. The van der Waals surface area contributed by atoms with Gasteiger partial charge in [0.1, 0.15) is 5.82 Å². The summed E-state index contributed by atoms with van der Waals surface area (Å²) in [6.07, 6.45) is 3.14. The zero-order valence-corrected chi connectivity index (χ0v) is 25.8. The van der Waals surface area contributed by atoms with Crippen molar-refractivity contribution >= 4 is 34.4 Å². The Labute approximate surface area is 251 Å². The van der Waals surface area contributed by atoms with E-state index in [0.717, 1.165) is 28.1 Å². The molecule has 0 aliphatic carbocycles. The van der Waals surface area contributed by atoms with Crippen molar-refractivity contribution in [1.29, 1.82) is 0 Å². The van der Waals surface area contributed by atoms with E-state index in [2.05, 4.69) is 44.2 Å². The van der Waals surface area contributed by atoms with Gasteiger partial charge < -0.3 is 9.80 Å². The molecular weight excluding hydrogens is 548 g/mol. The molecule has 1 amide bonds. The van der Waals surface area contributed by atoms with E-state index < -0.39 is 5.69 Å². The summed E-state index contributed by atoms with van der Waals surface area (Å²) in [5.41, 5.74) is 5.07. The molecule has 0 N–H and O–H groups in total. The summed E-state index contributed by atoms with van der Waals surface area (Å²) < 4.78 is 1.62. The van der Waals surface area contributed by atoms with Crippen LogP contribution >= 0.6 is 11.6 Å². The third-order valence-corrected chi connectivity index (χ3v) is 8.25. The number of pyridine rings is 2. The fourth-order valence-electron chi connectivity index (χ4n) is 5.77. The number of hydrogen-bond donors (Lipinski definition) is 0. The molecule has 8 nitrogen and oxygen atoms in total. The van der Waals surface area contributed by atoms with Gasteiger partial charge in [0, 0.05) is 37.4 Å². The zero-order chi connectivity index (χ0) is 30.3. The predicted molar refractivity (Wildman–Crippen MR) is 170 cm³/mol. The summed E-state index contributed by atoms with van der Waals surface area (Å²) in [7, 11) is 0. The van der Waals surface area contributed by atoms with Crippen LogP contribution in [0.1, 0.15) is 63.3 Å². The van der Waals surface area contributed by atoms with E-state index in [1.54, 1.807) is 15.7 Å². The summed E-state index contributed by atoms with van der Waals surface area (Å²) in [4.78, 5) is 44.9. The van der Waals surface area contributed by atoms with Gasteiger partial charge in [-0.2, -0.15) is 4.98 Å². The molecule has 1 aliphatic heterocycles. The van der Waals surface area contributed by atoms with E-state index >= 15 is 0 Å². The number of carbonyl (C=O) groups is 1. The Hall–Kier alpha value is -4.04. The highest BCUT2D eigenvalue weighted by Crippen LogP contribution is 2.37. The maximum Gasteiger partial charge on any atom is 0.355 e. The molecule has 1 unspecified atom stereocenters. The maximum absolute atomic E-state index is 14.2. The number of aromatic nitrogens is 4. The number of nitrogens with zero attached hydrogens (tertiary/aromatic N) is 6. The Morgan fingerprint density at radius 2 is 1.83 bits per heavy atom. The van der Waals surface area contributed by atoms with Crippen LogP contribution in [-0.4, -0.2) is 56.0 Å². The number of amides is 1. The van der Waals surface area contributed by atoms with Crippen LogP contribution in [-0.2, 0) is 4.79 Å². The minimum atomic E-state index is -0.434. The minimum absolute atomic E-state index is 0.0546. The first-order valence-electron chi connectivity index (χ1n) is 14.4. The molecule has 3 aromatic heterocycles. The molecule has 4 aromatic rings. The summed E-state index contributed by atoms with van der Waals surface area (Å²) in [5, 5.41) is 1.14. The largest absolute Gasteiger partial charge is 0.355 e. The number of hydrogen-bond acceptors (Lipinski definition) is 6. The molecule has 9 heteroatoms. The Morgan fingerprint density at radius 1 is 1.10 bits per heavy atom. The van der Waals surface area contributed by atoms with Crippen LogP contribution in [0.3, 0.4) is 0 Å². The lowest BCUT2D eigenvalue weighted by Crippen LogP contribution is -2.54. The van der Waals surface area contributed by atoms with Crippen LogP contribution in [0.25, 0.3) is 28.0 Å². The third kappa shape index (κ3) is 5.20. The van der Waals surface area contributed by atoms with E-state index in [1.807, 2.05) is 50.2 Å². The van der Waals surface area contributed by atoms with Crippen LogP contribution in [0, 0.1) is 6.92 Å². The van der Waals surface area contributed by atoms with Gasteiger partial charge in [0.15, 0.2) is 5.65 Å². The molecule has 1 aliphatic rings. The molecule has 0 radical (unpaired) electrons. The van der Waals surface area contributed by atoms with Crippen molar-refractivity contribution < 1.29 is 4.79 Å². The molecule has 1 atom stereocenters. The van der Waals surface area contributed by atoms with Gasteiger partial charge in [-0.05, 0) is 55.0 Å². The molecule has 1 fully saturated rings. The third-order valence-electron chi connectivity index (χ3n) is 7.96. The van der Waals surface area contributed by atoms with Crippen molar-refractivity contribution in [2.45, 2.75) is 59.4 Å². The van der Waals surface area contributed by atoms with Crippen molar-refractivity contribution in [2.24, 2.45) is 0 Å². The Balaban J connectivity index is 1.84. The standard InChI is InChI=1S/C33H37ClN6O2/c1-8-27(41)38-15-16-39(22(7)18-38)31-25-17-26(34)29(24-12-10-9-11-21(24)6)36-32(25)40(33(42)37-31)30-23(19(2)3)13-14-35-28(30)20(4)5/h8-14,17,19-20,22H,1,15-16,18H2,2-7H3. The van der Waals surface area contributed by atoms with Crippen LogP contribution in [0.15, 0.2) is 60.0 Å². The summed E-state index contributed by atoms with van der Waals surface area (Å²) in [5.74, 6) is 0.581. The predicted octanol–water partition coefficient (Wildman–Crippen LogP) is 6.27. The van der Waals surface area contributed by atoms with Crippen LogP contribution in [0.5, 0.6) is 0 Å². The van der Waals surface area contributed by atoms with Crippen LogP contribution in [0.4, 0.5) is 5.82 Å². The first-order valence-corrected chi connectivity index (χ1v) is 14.8. The van der Waals surface area contributed by atoms with Gasteiger partial charge in [0.2, 0.25) is 5.91 Å². The lowest BCUT2D eigenvalue weighted by molar-refractivity contribution is -0.126. The molecule has 0 saturated carbocycles. The highest BCUT2D eigenvalue weighted by Gasteiger charge is 2.31. The molecular formula is C33H37ClN6O2. The Kier molecular flexibility index (Phi) is 8.19. The van der Waals surface area contributed by atoms with Crippen molar-refractivity contribution in [3.05, 3.63) is 87.6 Å². The van der Waals surface area contributed by atoms with Gasteiger partial charge in [-0.15, -0.1) is 0 Å². The van der Waals surface area contributed by atoms with E-state index in [9.17, 15) is 9.59 Å². The second-order valence-corrected chi connectivity index (χ2v) is 11.9. The second-order valence-electron chi connectivity index (χ2n) is 11.5. The number of piperazine rings is 1. The molecule has 218 valence electrons. The normalized spacial score (nSPS) is 15.6. The second kappa shape index (κ2) is 11.7. The molecule has 4 heterocycles. The van der Waals surface area contributed by atoms with Gasteiger partial charge in [-0.3, -0.25) is 9.78 Å². The van der Waals surface area contributed by atoms with Crippen molar-refractivity contribution in [3.8, 4) is 16.9 Å². The highest BCUT2D eigenvalue weighted by atomic mass is 35.5. The number of carbonyl (C=O) groups excluding carboxylic acids is 1. The topological polar surface area (TPSA) is 84.2 Å². The van der Waals surface area contributed by atoms with Crippen molar-refractivity contribution in [3.63, 3.8) is 0 Å². The highest BCUT2D eigenvalue weighted by molar-refractivity contribution is 6.34. The van der Waals surface area contributed by atoms with E-state index in [-0.39, 0.29) is 23.8 Å². The molecule has 1 saturated heterocycles. The van der Waals surface area contributed by atoms with Crippen molar-refractivity contribution in [2.75, 3.05) is 24.5 Å². The molecule has 0 bridgehead atoms. The molecule has 42 heavy (non-hydrogen) atoms. The van der Waals surface area contributed by atoms with Gasteiger partial charge in [0.05, 0.1) is 27.5 Å². The van der Waals surface area contributed by atoms with Gasteiger partial charge in [0.25, 0.3) is 0 Å². The lowest BCUT2D eigenvalue weighted by Gasteiger charge is -2.40. The molecule has 5 rings (SSSR count). The lowest BCUT2D eigenvalue weighted by atomic mass is 9.97. The molecule has 0 spiro atoms. The first kappa shape index (κ1) is 29.5. The van der Waals surface area contributed by atoms with Gasteiger partial charge in [-0.1, -0.05) is 70.1 Å². The van der Waals surface area contributed by atoms with E-state index in [0.29, 0.717) is 47.2 Å². The van der Waals surface area contributed by atoms with E-state index in [1.165, 1.54) is 6.08 Å². The summed E-state index contributed by atoms with van der Waals surface area (Å²) >= 11 is 6.97. The maximum atomic E-state index is 14.2. The van der Waals surface area contributed by atoms with Crippen LogP contribution in [0.2, 0.25) is 5.02 Å². The van der Waals surface area contributed by atoms with E-state index in [4.69, 9.17) is 21.6 Å². The Morgan fingerprint density at radius 3 is 2.48 bits per heavy atom. The average Bonchev–Trinajstić information content (AvgIpc) is 2.96. The summed E-state index contributed by atoms with van der Waals surface area (Å²) in [6, 6.07) is 11.7. The number of anilines is 1. The minimum Gasteiger partial charge on any atom is -0.350 e. The number of benzene rings is 1. The summed E-state index contributed by atoms with van der Waals surface area (Å²) in [6.45, 7) is 17.5. The van der Waals surface area contributed by atoms with Gasteiger partial charge in [-0.25, -0.2) is 14.3 Å². The van der Waals surface area contributed by atoms with Crippen molar-refractivity contribution in [1.82, 2.24) is 24.4 Å². The number of halogens is 1. The monoisotopic (exact) mass is 584 g/mol. The smallest absolute Gasteiger partial charge is 0.350 e. The Bertz CT molecular complexity index is 1720. The number of rotatable bonds is 6. The number of fused-ring (bicyclic) bond motifs is 1. The fourth-order valence-corrected chi connectivity index (χ4v) is 6.03. The average molecular weight is 585 g/mol. The van der Waals surface area contributed by atoms with Gasteiger partial charge >= 0.3 is 5.69 Å².